The predicted octanol–water partition coefficient (Wildman–Crippen LogP) is -0.567. The number of carboxylic acids is 2. The van der Waals surface area contributed by atoms with Gasteiger partial charge in [0.1, 0.15) is 0 Å². The Morgan fingerprint density at radius 3 is 1.23 bits per heavy atom. The lowest BCUT2D eigenvalue weighted by molar-refractivity contribution is -0.159. The molecule has 0 saturated carbocycles. The van der Waals surface area contributed by atoms with Gasteiger partial charge in [0.2, 0.25) is 0 Å². The molecule has 8 heteroatoms. The molecule has 0 bridgehead atoms. The second-order valence-corrected chi connectivity index (χ2v) is 6.03. The summed E-state index contributed by atoms with van der Waals surface area (Å²) in [5.74, 6) is -3.65. The van der Waals surface area contributed by atoms with Crippen LogP contribution in [0.4, 0.5) is 0 Å². The van der Waals surface area contributed by atoms with E-state index >= 15 is 0 Å². The third kappa shape index (κ3) is 4.39. The zero-order valence-corrected chi connectivity index (χ0v) is 12.6. The quantitative estimate of drug-likeness (QED) is 0.439. The van der Waals surface area contributed by atoms with Gasteiger partial charge in [0.15, 0.2) is 0 Å². The van der Waals surface area contributed by atoms with E-state index in [9.17, 15) is 0 Å². The first kappa shape index (κ1) is 17.1. The first-order chi connectivity index (χ1) is 10.5. The van der Waals surface area contributed by atoms with Gasteiger partial charge in [-0.2, -0.15) is 0 Å². The Morgan fingerprint density at radius 1 is 0.773 bits per heavy atom. The van der Waals surface area contributed by atoms with Crippen molar-refractivity contribution in [3.8, 4) is 0 Å². The number of carbonyl (C=O) groups is 2. The second kappa shape index (κ2) is 7.36. The van der Waals surface area contributed by atoms with Crippen LogP contribution in [0.15, 0.2) is 0 Å². The van der Waals surface area contributed by atoms with Crippen molar-refractivity contribution in [1.82, 2.24) is 10.6 Å². The Hall–Kier alpha value is -1.22. The average molecular weight is 316 g/mol. The summed E-state index contributed by atoms with van der Waals surface area (Å²) in [6.45, 7) is 6.46. The SMILES string of the molecule is C1C[C@]2(CCO2)CN1.C1C[C@]2(CCO2)CN1.O=C(O)C(=O)O. The van der Waals surface area contributed by atoms with Crippen molar-refractivity contribution < 1.29 is 29.3 Å². The first-order valence-corrected chi connectivity index (χ1v) is 7.63. The van der Waals surface area contributed by atoms with Crippen LogP contribution < -0.4 is 10.6 Å². The Balaban J connectivity index is 0.000000123. The van der Waals surface area contributed by atoms with E-state index in [0.29, 0.717) is 11.2 Å². The molecule has 0 radical (unpaired) electrons. The van der Waals surface area contributed by atoms with E-state index in [4.69, 9.17) is 29.3 Å². The Morgan fingerprint density at radius 2 is 1.14 bits per heavy atom. The molecule has 4 rings (SSSR count). The molecule has 4 N–H and O–H groups in total. The highest BCUT2D eigenvalue weighted by Crippen LogP contribution is 2.32. The molecule has 2 spiro atoms. The van der Waals surface area contributed by atoms with E-state index in [0.717, 1.165) is 39.4 Å². The maximum Gasteiger partial charge on any atom is 0.414 e. The van der Waals surface area contributed by atoms with E-state index in [1.165, 1.54) is 25.7 Å². The molecule has 4 saturated heterocycles. The highest BCUT2D eigenvalue weighted by atomic mass is 16.5. The van der Waals surface area contributed by atoms with Crippen LogP contribution in [-0.2, 0) is 19.1 Å². The van der Waals surface area contributed by atoms with Crippen LogP contribution in [0.25, 0.3) is 0 Å². The maximum absolute atomic E-state index is 9.10. The van der Waals surface area contributed by atoms with Crippen LogP contribution >= 0.6 is 0 Å². The van der Waals surface area contributed by atoms with Gasteiger partial charge in [0.05, 0.1) is 24.4 Å². The number of hydrogen-bond acceptors (Lipinski definition) is 6. The third-order valence-corrected chi connectivity index (χ3v) is 4.52. The molecule has 22 heavy (non-hydrogen) atoms. The largest absolute Gasteiger partial charge is 0.473 e. The van der Waals surface area contributed by atoms with E-state index in [2.05, 4.69) is 10.6 Å². The van der Waals surface area contributed by atoms with Crippen LogP contribution in [0.3, 0.4) is 0 Å². The number of nitrogens with one attached hydrogen (secondary N) is 2. The molecule has 4 aliphatic rings. The van der Waals surface area contributed by atoms with Gasteiger partial charge < -0.3 is 30.3 Å². The highest BCUT2D eigenvalue weighted by Gasteiger charge is 2.41. The van der Waals surface area contributed by atoms with Crippen LogP contribution in [0, 0.1) is 0 Å². The number of aliphatic carboxylic acids is 2. The summed E-state index contributed by atoms with van der Waals surface area (Å²) in [4.78, 5) is 18.2. The fraction of sp³-hybridized carbons (Fsp3) is 0.857. The lowest BCUT2D eigenvalue weighted by Gasteiger charge is -2.37. The molecular formula is C14H24N2O6. The highest BCUT2D eigenvalue weighted by molar-refractivity contribution is 6.27. The molecular weight excluding hydrogens is 292 g/mol. The van der Waals surface area contributed by atoms with Crippen LogP contribution in [-0.4, -0.2) is 72.7 Å². The van der Waals surface area contributed by atoms with Crippen molar-refractivity contribution in [3.63, 3.8) is 0 Å². The molecule has 0 unspecified atom stereocenters. The molecule has 0 aromatic heterocycles. The summed E-state index contributed by atoms with van der Waals surface area (Å²) in [6, 6.07) is 0. The van der Waals surface area contributed by atoms with E-state index in [1.54, 1.807) is 0 Å². The molecule has 4 aliphatic heterocycles. The van der Waals surface area contributed by atoms with Crippen molar-refractivity contribution in [3.05, 3.63) is 0 Å². The summed E-state index contributed by atoms with van der Waals surface area (Å²) >= 11 is 0. The third-order valence-electron chi connectivity index (χ3n) is 4.52. The van der Waals surface area contributed by atoms with Crippen molar-refractivity contribution in [1.29, 1.82) is 0 Å². The minimum Gasteiger partial charge on any atom is -0.473 e. The summed E-state index contributed by atoms with van der Waals surface area (Å²) in [5, 5.41) is 21.4. The Bertz CT molecular complexity index is 352. The molecule has 126 valence electrons. The van der Waals surface area contributed by atoms with Crippen LogP contribution in [0.5, 0.6) is 0 Å². The van der Waals surface area contributed by atoms with Gasteiger partial charge in [0.25, 0.3) is 0 Å². The monoisotopic (exact) mass is 316 g/mol. The maximum atomic E-state index is 9.10. The number of carboxylic acid groups (broad SMARTS) is 2. The number of hydrogen-bond donors (Lipinski definition) is 4. The molecule has 4 heterocycles. The lowest BCUT2D eigenvalue weighted by atomic mass is 9.94. The number of rotatable bonds is 0. The van der Waals surface area contributed by atoms with Gasteiger partial charge in [-0.05, 0) is 25.9 Å². The molecule has 0 aromatic rings. The molecule has 2 atom stereocenters. The smallest absolute Gasteiger partial charge is 0.414 e. The summed E-state index contributed by atoms with van der Waals surface area (Å²) in [7, 11) is 0. The average Bonchev–Trinajstić information content (AvgIpc) is 3.08. The van der Waals surface area contributed by atoms with Crippen LogP contribution in [0.1, 0.15) is 25.7 Å². The first-order valence-electron chi connectivity index (χ1n) is 7.63. The fourth-order valence-corrected chi connectivity index (χ4v) is 2.90. The van der Waals surface area contributed by atoms with E-state index in [1.807, 2.05) is 0 Å². The number of ether oxygens (including phenoxy) is 2. The predicted molar refractivity (Wildman–Crippen MR) is 76.8 cm³/mol. The minimum absolute atomic E-state index is 0.306. The zero-order chi connectivity index (χ0) is 16.1. The Labute approximate surface area is 129 Å². The lowest BCUT2D eigenvalue weighted by Crippen LogP contribution is -2.45. The zero-order valence-electron chi connectivity index (χ0n) is 12.6. The molecule has 8 nitrogen and oxygen atoms in total. The topological polar surface area (TPSA) is 117 Å². The van der Waals surface area contributed by atoms with Crippen molar-refractivity contribution in [2.24, 2.45) is 0 Å². The van der Waals surface area contributed by atoms with Crippen molar-refractivity contribution in [2.45, 2.75) is 36.9 Å². The summed E-state index contributed by atoms with van der Waals surface area (Å²) in [5.41, 5.74) is 0.611. The second-order valence-electron chi connectivity index (χ2n) is 6.03. The van der Waals surface area contributed by atoms with Gasteiger partial charge in [-0.15, -0.1) is 0 Å². The van der Waals surface area contributed by atoms with Crippen LogP contribution in [0.2, 0.25) is 0 Å². The molecule has 0 amide bonds. The fourth-order valence-electron chi connectivity index (χ4n) is 2.90. The van der Waals surface area contributed by atoms with E-state index < -0.39 is 11.9 Å². The van der Waals surface area contributed by atoms with E-state index in [-0.39, 0.29) is 0 Å². The van der Waals surface area contributed by atoms with Crippen molar-refractivity contribution in [2.75, 3.05) is 39.4 Å². The molecule has 0 aliphatic carbocycles. The van der Waals surface area contributed by atoms with Gasteiger partial charge in [-0.25, -0.2) is 9.59 Å². The molecule has 4 fully saturated rings. The Kier molecular flexibility index (Phi) is 5.74. The van der Waals surface area contributed by atoms with Gasteiger partial charge >= 0.3 is 11.9 Å². The molecule has 0 aromatic carbocycles. The van der Waals surface area contributed by atoms with Crippen molar-refractivity contribution >= 4 is 11.9 Å². The summed E-state index contributed by atoms with van der Waals surface area (Å²) < 4.78 is 10.8. The minimum atomic E-state index is -1.82. The normalized spacial score (nSPS) is 34.7. The summed E-state index contributed by atoms with van der Waals surface area (Å²) in [6.07, 6.45) is 5.01. The van der Waals surface area contributed by atoms with Gasteiger partial charge in [-0.1, -0.05) is 0 Å². The van der Waals surface area contributed by atoms with Gasteiger partial charge in [-0.3, -0.25) is 0 Å². The van der Waals surface area contributed by atoms with Gasteiger partial charge in [0, 0.05) is 25.9 Å². The standard InChI is InChI=1S/2C6H11NO.C2H2O4/c2*1-3-7-5-6(1)2-4-8-6;3-1(4)2(5)6/h2*7H,1-5H2;(H,3,4)(H,5,6)/t2*6-;/m00./s1.